The molecule has 3 heteroatoms. The lowest BCUT2D eigenvalue weighted by atomic mass is 9.52. The van der Waals surface area contributed by atoms with Gasteiger partial charge in [0.1, 0.15) is 0 Å². The van der Waals surface area contributed by atoms with E-state index in [1.54, 1.807) is 0 Å². The Bertz CT molecular complexity index is 321. The van der Waals surface area contributed by atoms with Crippen LogP contribution in [0.25, 0.3) is 0 Å². The lowest BCUT2D eigenvalue weighted by molar-refractivity contribution is 0.00578. The van der Waals surface area contributed by atoms with Crippen molar-refractivity contribution >= 4 is 7.12 Å². The molecule has 1 aliphatic heterocycles. The first kappa shape index (κ1) is 13.9. The van der Waals surface area contributed by atoms with E-state index < -0.39 is 0 Å². The highest BCUT2D eigenvalue weighted by atomic mass is 16.7. The van der Waals surface area contributed by atoms with E-state index in [2.05, 4.69) is 27.7 Å². The molecule has 0 radical (unpaired) electrons. The summed E-state index contributed by atoms with van der Waals surface area (Å²) in [6, 6.07) is 0. The fraction of sp³-hybridized carbons (Fsp3) is 1.00. The van der Waals surface area contributed by atoms with Crippen LogP contribution in [0, 0.1) is 11.3 Å². The minimum absolute atomic E-state index is 0.0240. The second-order valence-electron chi connectivity index (χ2n) is 8.26. The van der Waals surface area contributed by atoms with E-state index >= 15 is 0 Å². The molecule has 3 fully saturated rings. The molecule has 0 aromatic rings. The summed E-state index contributed by atoms with van der Waals surface area (Å²) in [5.74, 6) is 0.841. The monoisotopic (exact) mass is 264 g/mol. The van der Waals surface area contributed by atoms with Crippen molar-refractivity contribution in [3.8, 4) is 0 Å². The van der Waals surface area contributed by atoms with Gasteiger partial charge in [0, 0.05) is 0 Å². The van der Waals surface area contributed by atoms with Crippen LogP contribution in [0.3, 0.4) is 0 Å². The van der Waals surface area contributed by atoms with Crippen molar-refractivity contribution in [3.63, 3.8) is 0 Å². The zero-order valence-corrected chi connectivity index (χ0v) is 13.1. The summed E-state index contributed by atoms with van der Waals surface area (Å²) in [5, 5.41) is 0. The largest absolute Gasteiger partial charge is 0.458 e. The first-order valence-corrected chi connectivity index (χ1v) is 8.18. The first-order chi connectivity index (χ1) is 8.82. The molecule has 3 aliphatic rings. The predicted molar refractivity (Wildman–Crippen MR) is 79.1 cm³/mol. The molecule has 0 bridgehead atoms. The Kier molecular flexibility index (Phi) is 3.30. The highest BCUT2D eigenvalue weighted by Gasteiger charge is 2.53. The lowest BCUT2D eigenvalue weighted by Crippen LogP contribution is -2.41. The number of hydrogen-bond acceptors (Lipinski definition) is 2. The molecule has 2 aliphatic carbocycles. The molecule has 108 valence electrons. The quantitative estimate of drug-likeness (QED) is 0.686. The summed E-state index contributed by atoms with van der Waals surface area (Å²) in [6.07, 6.45) is 11.3. The van der Waals surface area contributed by atoms with E-state index in [1.165, 1.54) is 44.9 Å². The van der Waals surface area contributed by atoms with Crippen molar-refractivity contribution in [1.82, 2.24) is 0 Å². The summed E-state index contributed by atoms with van der Waals surface area (Å²) in [5.41, 5.74) is 0.403. The molecule has 19 heavy (non-hydrogen) atoms. The van der Waals surface area contributed by atoms with E-state index in [4.69, 9.17) is 9.31 Å². The van der Waals surface area contributed by atoms with Crippen LogP contribution in [0.1, 0.15) is 72.6 Å². The van der Waals surface area contributed by atoms with E-state index in [0.29, 0.717) is 0 Å². The molecule has 2 saturated carbocycles. The Morgan fingerprint density at radius 1 is 0.895 bits per heavy atom. The molecule has 0 aromatic heterocycles. The van der Waals surface area contributed by atoms with E-state index in [9.17, 15) is 0 Å². The Hall–Kier alpha value is -0.0151. The third-order valence-electron chi connectivity index (χ3n) is 6.19. The Balaban J connectivity index is 1.50. The SMILES string of the molecule is CC1(C)OB(CC2CC3(CCCCC3)C2)OC1(C)C. The highest BCUT2D eigenvalue weighted by molar-refractivity contribution is 6.45. The van der Waals surface area contributed by atoms with E-state index in [-0.39, 0.29) is 18.3 Å². The van der Waals surface area contributed by atoms with Gasteiger partial charge in [-0.05, 0) is 71.0 Å². The average molecular weight is 264 g/mol. The minimum atomic E-state index is -0.163. The first-order valence-electron chi connectivity index (χ1n) is 8.18. The van der Waals surface area contributed by atoms with Crippen LogP contribution < -0.4 is 0 Å². The highest BCUT2D eigenvalue weighted by Crippen LogP contribution is 2.56. The van der Waals surface area contributed by atoms with Gasteiger partial charge in [0.2, 0.25) is 0 Å². The molecule has 1 heterocycles. The third kappa shape index (κ3) is 2.49. The molecule has 1 saturated heterocycles. The van der Waals surface area contributed by atoms with Gasteiger partial charge in [-0.15, -0.1) is 0 Å². The fourth-order valence-electron chi connectivity index (χ4n) is 4.38. The molecular formula is C16H29BO2. The van der Waals surface area contributed by atoms with Gasteiger partial charge in [-0.2, -0.15) is 0 Å². The second kappa shape index (κ2) is 4.49. The van der Waals surface area contributed by atoms with Gasteiger partial charge in [-0.3, -0.25) is 0 Å². The maximum absolute atomic E-state index is 6.12. The zero-order valence-electron chi connectivity index (χ0n) is 13.1. The molecule has 0 atom stereocenters. The summed E-state index contributed by atoms with van der Waals surface area (Å²) in [4.78, 5) is 0. The lowest BCUT2D eigenvalue weighted by Gasteiger charge is -2.50. The van der Waals surface area contributed by atoms with Crippen LogP contribution in [-0.4, -0.2) is 18.3 Å². The van der Waals surface area contributed by atoms with Gasteiger partial charge in [0.25, 0.3) is 0 Å². The van der Waals surface area contributed by atoms with Crippen molar-refractivity contribution in [1.29, 1.82) is 0 Å². The molecule has 0 aromatic carbocycles. The average Bonchev–Trinajstić information content (AvgIpc) is 2.46. The maximum Gasteiger partial charge on any atom is 0.458 e. The van der Waals surface area contributed by atoms with Gasteiger partial charge >= 0.3 is 7.12 Å². The minimum Gasteiger partial charge on any atom is -0.403 e. The Labute approximate surface area is 118 Å². The maximum atomic E-state index is 6.12. The molecule has 0 unspecified atom stereocenters. The van der Waals surface area contributed by atoms with Gasteiger partial charge in [0.15, 0.2) is 0 Å². The summed E-state index contributed by atoms with van der Waals surface area (Å²) in [6.45, 7) is 8.60. The molecule has 1 spiro atoms. The zero-order chi connectivity index (χ0) is 13.7. The fourth-order valence-corrected chi connectivity index (χ4v) is 4.38. The van der Waals surface area contributed by atoms with Crippen molar-refractivity contribution in [2.75, 3.05) is 0 Å². The molecule has 0 N–H and O–H groups in total. The topological polar surface area (TPSA) is 18.5 Å². The van der Waals surface area contributed by atoms with Crippen LogP contribution >= 0.6 is 0 Å². The molecule has 3 rings (SSSR count). The van der Waals surface area contributed by atoms with Crippen molar-refractivity contribution in [2.45, 2.75) is 90.2 Å². The molecule has 2 nitrogen and oxygen atoms in total. The van der Waals surface area contributed by atoms with E-state index in [0.717, 1.165) is 17.7 Å². The Morgan fingerprint density at radius 2 is 1.42 bits per heavy atom. The van der Waals surface area contributed by atoms with Gasteiger partial charge in [-0.1, -0.05) is 19.3 Å². The van der Waals surface area contributed by atoms with Gasteiger partial charge < -0.3 is 9.31 Å². The Morgan fingerprint density at radius 3 is 1.95 bits per heavy atom. The van der Waals surface area contributed by atoms with Crippen LogP contribution in [-0.2, 0) is 9.31 Å². The van der Waals surface area contributed by atoms with Gasteiger partial charge in [-0.25, -0.2) is 0 Å². The second-order valence-corrected chi connectivity index (χ2v) is 8.26. The summed E-state index contributed by atoms with van der Waals surface area (Å²) >= 11 is 0. The van der Waals surface area contributed by atoms with Crippen molar-refractivity contribution in [3.05, 3.63) is 0 Å². The summed E-state index contributed by atoms with van der Waals surface area (Å²) in [7, 11) is 0.0240. The number of rotatable bonds is 2. The predicted octanol–water partition coefficient (Wildman–Crippen LogP) is 4.44. The van der Waals surface area contributed by atoms with Crippen LogP contribution in [0.15, 0.2) is 0 Å². The number of hydrogen-bond donors (Lipinski definition) is 0. The van der Waals surface area contributed by atoms with Crippen molar-refractivity contribution < 1.29 is 9.31 Å². The normalized spacial score (nSPS) is 32.5. The standard InChI is InChI=1S/C16H29BO2/c1-14(2)15(3,4)19-17(18-14)12-13-10-16(11-13)8-6-5-7-9-16/h13H,5-12H2,1-4H3. The van der Waals surface area contributed by atoms with Crippen LogP contribution in [0.5, 0.6) is 0 Å². The van der Waals surface area contributed by atoms with Crippen LogP contribution in [0.2, 0.25) is 6.32 Å². The molecular weight excluding hydrogens is 235 g/mol. The van der Waals surface area contributed by atoms with Gasteiger partial charge in [0.05, 0.1) is 11.2 Å². The van der Waals surface area contributed by atoms with Crippen molar-refractivity contribution in [2.24, 2.45) is 11.3 Å². The van der Waals surface area contributed by atoms with Crippen LogP contribution in [0.4, 0.5) is 0 Å². The molecule has 0 amide bonds. The summed E-state index contributed by atoms with van der Waals surface area (Å²) < 4.78 is 12.2. The third-order valence-corrected chi connectivity index (χ3v) is 6.19. The smallest absolute Gasteiger partial charge is 0.403 e. The van der Waals surface area contributed by atoms with E-state index in [1.807, 2.05) is 0 Å².